The van der Waals surface area contributed by atoms with Crippen LogP contribution < -0.4 is 29.9 Å². The molecule has 19 nitrogen and oxygen atoms in total. The first-order chi connectivity index (χ1) is 34.2. The molecule has 6 fully saturated rings. The molecule has 20 heteroatoms. The van der Waals surface area contributed by atoms with Crippen molar-refractivity contribution < 1.29 is 28.2 Å². The molecule has 3 atom stereocenters. The van der Waals surface area contributed by atoms with Crippen molar-refractivity contribution in [1.82, 2.24) is 49.5 Å². The zero-order valence-corrected chi connectivity index (χ0v) is 39.2. The van der Waals surface area contributed by atoms with Crippen molar-refractivity contribution in [2.75, 3.05) is 81.8 Å². The van der Waals surface area contributed by atoms with E-state index in [0.717, 1.165) is 80.9 Å². The molecule has 10 heterocycles. The average molecular weight is 951 g/mol. The van der Waals surface area contributed by atoms with Crippen molar-refractivity contribution >= 4 is 34.5 Å². The normalized spacial score (nSPS) is 23.3. The van der Waals surface area contributed by atoms with Crippen LogP contribution >= 0.6 is 0 Å². The van der Waals surface area contributed by atoms with E-state index < -0.39 is 17.8 Å². The molecule has 1 aromatic carbocycles. The highest BCUT2D eigenvalue weighted by atomic mass is 19.1. The monoisotopic (exact) mass is 950 g/mol. The Bertz CT molecular complexity index is 2920. The van der Waals surface area contributed by atoms with Gasteiger partial charge < -0.3 is 29.3 Å². The first-order valence-electron chi connectivity index (χ1n) is 24.1. The van der Waals surface area contributed by atoms with Gasteiger partial charge in [-0.2, -0.15) is 15.5 Å². The van der Waals surface area contributed by atoms with Gasteiger partial charge in [-0.3, -0.25) is 29.4 Å². The van der Waals surface area contributed by atoms with E-state index in [-0.39, 0.29) is 30.5 Å². The van der Waals surface area contributed by atoms with Gasteiger partial charge in [0, 0.05) is 106 Å². The Hall–Kier alpha value is -7.21. The van der Waals surface area contributed by atoms with Crippen LogP contribution in [0.2, 0.25) is 0 Å². The predicted octanol–water partition coefficient (Wildman–Crippen LogP) is 4.69. The van der Waals surface area contributed by atoms with Crippen molar-refractivity contribution in [3.63, 3.8) is 0 Å². The number of carbonyl (C=O) groups is 2. The van der Waals surface area contributed by atoms with Crippen molar-refractivity contribution in [2.45, 2.75) is 75.3 Å². The molecule has 362 valence electrons. The van der Waals surface area contributed by atoms with E-state index in [2.05, 4.69) is 63.3 Å². The quantitative estimate of drug-likeness (QED) is 0.160. The number of pyridine rings is 2. The zero-order valence-electron chi connectivity index (χ0n) is 39.2. The second kappa shape index (κ2) is 19.3. The molecule has 6 aliphatic rings. The van der Waals surface area contributed by atoms with Crippen molar-refractivity contribution in [3.05, 3.63) is 90.5 Å². The van der Waals surface area contributed by atoms with Crippen molar-refractivity contribution in [1.29, 1.82) is 5.26 Å². The number of anilines is 3. The lowest BCUT2D eigenvalue weighted by molar-refractivity contribution is -0.133. The minimum absolute atomic E-state index is 0.132. The summed E-state index contributed by atoms with van der Waals surface area (Å²) < 4.78 is 36.4. The zero-order chi connectivity index (χ0) is 47.9. The smallest absolute Gasteiger partial charge is 0.249 e. The molecular weight excluding hydrogens is 896 g/mol. The molecule has 5 saturated heterocycles. The number of hydrogen-bond donors (Lipinski definition) is 2. The Labute approximate surface area is 404 Å². The van der Waals surface area contributed by atoms with Crippen LogP contribution in [0.25, 0.3) is 28.0 Å². The summed E-state index contributed by atoms with van der Waals surface area (Å²) in [7, 11) is 3.15. The molecule has 2 amide bonds. The lowest BCUT2D eigenvalue weighted by atomic mass is 9.90. The molecular formula is C50H55FN14O5. The molecule has 6 aromatic rings. The van der Waals surface area contributed by atoms with Gasteiger partial charge in [0.15, 0.2) is 0 Å². The number of piperidine rings is 1. The lowest BCUT2D eigenvalue weighted by Gasteiger charge is -2.43. The molecule has 1 aliphatic carbocycles. The molecule has 5 aliphatic heterocycles. The number of piperazine rings is 2. The van der Waals surface area contributed by atoms with Crippen LogP contribution in [-0.2, 0) is 20.9 Å². The van der Waals surface area contributed by atoms with Gasteiger partial charge in [-0.15, -0.1) is 0 Å². The summed E-state index contributed by atoms with van der Waals surface area (Å²) in [5.41, 5.74) is 6.00. The maximum atomic E-state index is 15.6. The van der Waals surface area contributed by atoms with E-state index in [1.165, 1.54) is 13.2 Å². The summed E-state index contributed by atoms with van der Waals surface area (Å²) in [5.74, 6) is 0.791. The summed E-state index contributed by atoms with van der Waals surface area (Å²) in [5, 5.41) is 24.9. The van der Waals surface area contributed by atoms with E-state index in [9.17, 15) is 14.9 Å². The molecule has 70 heavy (non-hydrogen) atoms. The predicted molar refractivity (Wildman–Crippen MR) is 257 cm³/mol. The summed E-state index contributed by atoms with van der Waals surface area (Å²) >= 11 is 0. The summed E-state index contributed by atoms with van der Waals surface area (Å²) in [6, 6.07) is 13.7. The number of ether oxygens (including phenoxy) is 3. The maximum Gasteiger partial charge on any atom is 0.249 e. The second-order valence-electron chi connectivity index (χ2n) is 18.8. The Balaban J connectivity index is 0.727. The average Bonchev–Trinajstić information content (AvgIpc) is 3.95. The number of halogens is 1. The number of hydrogen-bond acceptors (Lipinski definition) is 16. The van der Waals surface area contributed by atoms with Crippen molar-refractivity contribution in [2.24, 2.45) is 0 Å². The van der Waals surface area contributed by atoms with Gasteiger partial charge >= 0.3 is 0 Å². The molecule has 2 bridgehead atoms. The van der Waals surface area contributed by atoms with Crippen LogP contribution in [0, 0.1) is 17.1 Å². The number of carbonyl (C=O) groups excluding carboxylic acids is 2. The number of imide groups is 1. The largest absolute Gasteiger partial charge is 0.495 e. The number of nitriles is 1. The Kier molecular flexibility index (Phi) is 12.5. The van der Waals surface area contributed by atoms with Gasteiger partial charge in [0.25, 0.3) is 0 Å². The summed E-state index contributed by atoms with van der Waals surface area (Å²) in [4.78, 5) is 47.9. The Morgan fingerprint density at radius 3 is 2.43 bits per heavy atom. The van der Waals surface area contributed by atoms with Gasteiger partial charge in [-0.05, 0) is 49.8 Å². The molecule has 5 aromatic heterocycles. The van der Waals surface area contributed by atoms with E-state index in [1.54, 1.807) is 23.9 Å². The van der Waals surface area contributed by atoms with Gasteiger partial charge in [0.1, 0.15) is 40.6 Å². The summed E-state index contributed by atoms with van der Waals surface area (Å²) in [6.45, 7) is 6.64. The lowest BCUT2D eigenvalue weighted by Crippen LogP contribution is -2.57. The minimum atomic E-state index is -0.645. The van der Waals surface area contributed by atoms with Gasteiger partial charge in [0.05, 0.1) is 86.9 Å². The van der Waals surface area contributed by atoms with Crippen LogP contribution in [0.15, 0.2) is 73.6 Å². The maximum absolute atomic E-state index is 15.6. The molecule has 12 rings (SSSR count). The fourth-order valence-electron chi connectivity index (χ4n) is 10.9. The first kappa shape index (κ1) is 45.2. The molecule has 3 unspecified atom stereocenters. The SMILES string of the molecule is COc1ccc(CN2CC3COCC2CN3c2ccc(-c3nc(-c4cnn(C5CCC(N6CCN(c7cc(OC)c(NC8CCC(=O)NC8=O)cc7F)CC6)CC5)c4)cn4ncc(C#N)c34)cn2)cn1. The highest BCUT2D eigenvalue weighted by Gasteiger charge is 2.38. The van der Waals surface area contributed by atoms with E-state index in [0.29, 0.717) is 84.2 Å². The molecule has 2 N–H and O–H groups in total. The highest BCUT2D eigenvalue weighted by Crippen LogP contribution is 2.37. The first-order valence-corrected chi connectivity index (χ1v) is 24.1. The Morgan fingerprint density at radius 1 is 0.857 bits per heavy atom. The third kappa shape index (κ3) is 8.95. The van der Waals surface area contributed by atoms with Crippen LogP contribution in [-0.4, -0.2) is 147 Å². The topological polar surface area (TPSA) is 196 Å². The number of aromatic nitrogens is 7. The van der Waals surface area contributed by atoms with E-state index in [1.807, 2.05) is 43.0 Å². The number of nitrogens with zero attached hydrogens (tertiary/aromatic N) is 12. The van der Waals surface area contributed by atoms with Crippen LogP contribution in [0.4, 0.5) is 21.6 Å². The number of rotatable bonds is 12. The fraction of sp³-hybridized carbons (Fsp3) is 0.440. The number of fused-ring (bicyclic) bond motifs is 5. The highest BCUT2D eigenvalue weighted by molar-refractivity contribution is 6.01. The molecule has 1 saturated carbocycles. The van der Waals surface area contributed by atoms with Gasteiger partial charge in [-0.25, -0.2) is 23.9 Å². The van der Waals surface area contributed by atoms with Crippen LogP contribution in [0.3, 0.4) is 0 Å². The summed E-state index contributed by atoms with van der Waals surface area (Å²) in [6.07, 6.45) is 15.6. The fourth-order valence-corrected chi connectivity index (χ4v) is 10.9. The van der Waals surface area contributed by atoms with E-state index >= 15 is 4.39 Å². The van der Waals surface area contributed by atoms with Crippen LogP contribution in [0.5, 0.6) is 11.6 Å². The number of methoxy groups -OCH3 is 2. The molecule has 0 radical (unpaired) electrons. The second-order valence-corrected chi connectivity index (χ2v) is 18.8. The van der Waals surface area contributed by atoms with E-state index in [4.69, 9.17) is 29.3 Å². The van der Waals surface area contributed by atoms with Gasteiger partial charge in [0.2, 0.25) is 17.7 Å². The standard InChI is InChI=1S/C50H55FN14O5/c1-68-44-18-43(39(51)17-41(44)57-40-9-11-46(66)59-50(40)67)61-15-13-60(14-16-61)35-5-7-36(8-6-35)64-25-34(23-55-64)42-28-65-49(33(19-52)22-56-65)48(58-42)32-4-10-45(53-21-32)63-27-37-29-70-30-38(63)26-62(37)24-31-3-12-47(69-2)54-20-31/h3-4,10,12,17-18,20-23,25,28,35-38,40,57H,5-9,11,13-16,24,26-27,29-30H2,1-2H3,(H,59,66,67). The molecule has 0 spiro atoms. The minimum Gasteiger partial charge on any atom is -0.495 e. The van der Waals surface area contributed by atoms with Crippen LogP contribution in [0.1, 0.15) is 55.7 Å². The Morgan fingerprint density at radius 2 is 1.69 bits per heavy atom. The number of benzene rings is 1. The van der Waals surface area contributed by atoms with Crippen molar-refractivity contribution in [3.8, 4) is 40.2 Å². The number of nitrogens with one attached hydrogen (secondary N) is 2. The van der Waals surface area contributed by atoms with Gasteiger partial charge in [-0.1, -0.05) is 6.07 Å². The third-order valence-corrected chi connectivity index (χ3v) is 14.7. The third-order valence-electron chi connectivity index (χ3n) is 14.7. The number of amides is 2.